The minimum absolute atomic E-state index is 0.0869. The van der Waals surface area contributed by atoms with Gasteiger partial charge in [0.1, 0.15) is 5.75 Å². The molecule has 8 heteroatoms. The van der Waals surface area contributed by atoms with Crippen LogP contribution in [0.25, 0.3) is 0 Å². The molecule has 0 saturated carbocycles. The molecule has 1 aromatic carbocycles. The number of carbonyl (C=O) groups excluding carboxylic acids is 2. The van der Waals surface area contributed by atoms with Crippen molar-refractivity contribution in [3.05, 3.63) is 29.8 Å². The van der Waals surface area contributed by atoms with Crippen LogP contribution in [0.3, 0.4) is 0 Å². The third kappa shape index (κ3) is 4.37. The highest BCUT2D eigenvalue weighted by Crippen LogP contribution is 2.27. The van der Waals surface area contributed by atoms with Crippen molar-refractivity contribution in [3.63, 3.8) is 0 Å². The van der Waals surface area contributed by atoms with Crippen LogP contribution in [-0.2, 0) is 14.3 Å². The summed E-state index contributed by atoms with van der Waals surface area (Å²) in [6, 6.07) is 4.35. The van der Waals surface area contributed by atoms with Crippen LogP contribution < -0.4 is 10.1 Å². The second-order valence-corrected chi connectivity index (χ2v) is 3.90. The minimum Gasteiger partial charge on any atom is -0.493 e. The number of rotatable bonds is 5. The Morgan fingerprint density at radius 3 is 2.43 bits per heavy atom. The topological polar surface area (TPSA) is 64.6 Å². The lowest BCUT2D eigenvalue weighted by Crippen LogP contribution is -2.42. The molecule has 1 rings (SSSR count). The van der Waals surface area contributed by atoms with Crippen LogP contribution in [-0.4, -0.2) is 31.8 Å². The van der Waals surface area contributed by atoms with E-state index in [1.54, 1.807) is 18.3 Å². The van der Waals surface area contributed by atoms with Gasteiger partial charge in [0.2, 0.25) is 0 Å². The van der Waals surface area contributed by atoms with Crippen molar-refractivity contribution in [2.45, 2.75) is 19.1 Å². The van der Waals surface area contributed by atoms with Gasteiger partial charge in [0.15, 0.2) is 6.04 Å². The van der Waals surface area contributed by atoms with Crippen molar-refractivity contribution in [1.29, 1.82) is 0 Å². The summed E-state index contributed by atoms with van der Waals surface area (Å²) in [4.78, 5) is 22.7. The van der Waals surface area contributed by atoms with Crippen molar-refractivity contribution in [1.82, 2.24) is 5.32 Å². The van der Waals surface area contributed by atoms with Gasteiger partial charge in [-0.05, 0) is 13.0 Å². The lowest BCUT2D eigenvalue weighted by Gasteiger charge is -2.20. The monoisotopic (exact) mass is 305 g/mol. The summed E-state index contributed by atoms with van der Waals surface area (Å²) in [7, 11) is 1.01. The van der Waals surface area contributed by atoms with Crippen LogP contribution in [0.15, 0.2) is 24.3 Å². The van der Waals surface area contributed by atoms with E-state index in [2.05, 4.69) is 4.74 Å². The summed E-state index contributed by atoms with van der Waals surface area (Å²) < 4.78 is 46.7. The fraction of sp³-hybridized carbons (Fsp3) is 0.385. The molecule has 1 aromatic rings. The zero-order chi connectivity index (χ0) is 16.0. The predicted octanol–water partition coefficient (Wildman–Crippen LogP) is 1.98. The van der Waals surface area contributed by atoms with Crippen molar-refractivity contribution in [3.8, 4) is 5.75 Å². The van der Waals surface area contributed by atoms with Gasteiger partial charge in [-0.1, -0.05) is 18.2 Å². The molecular formula is C13H14F3NO4. The number of alkyl halides is 3. The number of amides is 1. The second-order valence-electron chi connectivity index (χ2n) is 3.90. The number of hydrogen-bond donors (Lipinski definition) is 1. The highest BCUT2D eigenvalue weighted by Gasteiger charge is 2.41. The Bertz CT molecular complexity index is 516. The summed E-state index contributed by atoms with van der Waals surface area (Å²) in [5, 5.41) is 1.60. The van der Waals surface area contributed by atoms with Crippen molar-refractivity contribution in [2.75, 3.05) is 13.7 Å². The highest BCUT2D eigenvalue weighted by atomic mass is 19.4. The molecule has 1 N–H and O–H groups in total. The van der Waals surface area contributed by atoms with Gasteiger partial charge in [0, 0.05) is 5.56 Å². The molecule has 0 aromatic heterocycles. The number of ether oxygens (including phenoxy) is 2. The van der Waals surface area contributed by atoms with E-state index in [0.717, 1.165) is 7.11 Å². The number of esters is 1. The fourth-order valence-electron chi connectivity index (χ4n) is 1.60. The number of para-hydroxylation sites is 1. The quantitative estimate of drug-likeness (QED) is 0.845. The van der Waals surface area contributed by atoms with Gasteiger partial charge in [0.25, 0.3) is 0 Å². The summed E-state index contributed by atoms with van der Waals surface area (Å²) in [6.07, 6.45) is -5.10. The van der Waals surface area contributed by atoms with E-state index in [-0.39, 0.29) is 17.9 Å². The molecule has 0 aliphatic heterocycles. The van der Waals surface area contributed by atoms with Crippen LogP contribution in [0.4, 0.5) is 13.2 Å². The van der Waals surface area contributed by atoms with Crippen molar-refractivity contribution in [2.24, 2.45) is 0 Å². The third-order valence-electron chi connectivity index (χ3n) is 2.50. The van der Waals surface area contributed by atoms with Gasteiger partial charge < -0.3 is 14.8 Å². The second kappa shape index (κ2) is 6.96. The van der Waals surface area contributed by atoms with Crippen LogP contribution in [0.5, 0.6) is 5.75 Å². The van der Waals surface area contributed by atoms with E-state index < -0.39 is 24.1 Å². The number of benzene rings is 1. The number of hydrogen-bond acceptors (Lipinski definition) is 4. The molecule has 1 atom stereocenters. The van der Waals surface area contributed by atoms with E-state index in [1.807, 2.05) is 0 Å². The maximum absolute atomic E-state index is 12.3. The standard InChI is InChI=1S/C13H14F3NO4/c1-3-21-9-7-5-4-6-8(9)10(11(18)20-2)17-12(19)13(14,15)16/h4-7,10H,3H2,1-2H3,(H,17,19). The highest BCUT2D eigenvalue weighted by molar-refractivity contribution is 5.88. The molecule has 0 spiro atoms. The van der Waals surface area contributed by atoms with Gasteiger partial charge in [-0.25, -0.2) is 4.79 Å². The first-order valence-electron chi connectivity index (χ1n) is 5.98. The maximum atomic E-state index is 12.3. The molecule has 0 aliphatic carbocycles. The Morgan fingerprint density at radius 1 is 1.29 bits per heavy atom. The molecule has 1 amide bonds. The predicted molar refractivity (Wildman–Crippen MR) is 66.6 cm³/mol. The summed E-state index contributed by atoms with van der Waals surface area (Å²) in [6.45, 7) is 1.93. The number of nitrogens with one attached hydrogen (secondary N) is 1. The number of halogens is 3. The molecule has 0 radical (unpaired) electrons. The van der Waals surface area contributed by atoms with Crippen LogP contribution >= 0.6 is 0 Å². The van der Waals surface area contributed by atoms with Gasteiger partial charge in [-0.2, -0.15) is 13.2 Å². The molecule has 1 unspecified atom stereocenters. The van der Waals surface area contributed by atoms with E-state index in [0.29, 0.717) is 0 Å². The molecule has 5 nitrogen and oxygen atoms in total. The first-order chi connectivity index (χ1) is 9.81. The van der Waals surface area contributed by atoms with E-state index in [4.69, 9.17) is 4.74 Å². The molecule has 0 aliphatic rings. The summed E-state index contributed by atoms with van der Waals surface area (Å²) >= 11 is 0. The fourth-order valence-corrected chi connectivity index (χ4v) is 1.60. The maximum Gasteiger partial charge on any atom is 0.471 e. The van der Waals surface area contributed by atoms with Crippen molar-refractivity contribution >= 4 is 11.9 Å². The molecule has 0 bridgehead atoms. The van der Waals surface area contributed by atoms with E-state index in [1.165, 1.54) is 18.2 Å². The first-order valence-corrected chi connectivity index (χ1v) is 5.98. The molecule has 116 valence electrons. The van der Waals surface area contributed by atoms with E-state index in [9.17, 15) is 22.8 Å². The molecule has 0 fully saturated rings. The normalized spacial score (nSPS) is 12.4. The van der Waals surface area contributed by atoms with Gasteiger partial charge in [-0.3, -0.25) is 4.79 Å². The Morgan fingerprint density at radius 2 is 1.90 bits per heavy atom. The first kappa shape index (κ1) is 16.8. The lowest BCUT2D eigenvalue weighted by atomic mass is 10.1. The average Bonchev–Trinajstić information content (AvgIpc) is 2.44. The van der Waals surface area contributed by atoms with Crippen LogP contribution in [0, 0.1) is 0 Å². The van der Waals surface area contributed by atoms with Crippen molar-refractivity contribution < 1.29 is 32.2 Å². The lowest BCUT2D eigenvalue weighted by molar-refractivity contribution is -0.175. The Balaban J connectivity index is 3.15. The van der Waals surface area contributed by atoms with Crippen LogP contribution in [0.2, 0.25) is 0 Å². The molecule has 21 heavy (non-hydrogen) atoms. The number of carbonyl (C=O) groups is 2. The van der Waals surface area contributed by atoms with Gasteiger partial charge >= 0.3 is 18.1 Å². The summed E-state index contributed by atoms with van der Waals surface area (Å²) in [5.41, 5.74) is 0.0869. The van der Waals surface area contributed by atoms with Gasteiger partial charge in [-0.15, -0.1) is 0 Å². The molecule has 0 heterocycles. The zero-order valence-corrected chi connectivity index (χ0v) is 11.4. The Hall–Kier alpha value is -2.25. The molecule has 0 saturated heterocycles. The Labute approximate surface area is 119 Å². The zero-order valence-electron chi connectivity index (χ0n) is 11.4. The third-order valence-corrected chi connectivity index (χ3v) is 2.50. The summed E-state index contributed by atoms with van der Waals surface area (Å²) in [5.74, 6) is -3.07. The van der Waals surface area contributed by atoms with E-state index >= 15 is 0 Å². The SMILES string of the molecule is CCOc1ccccc1C(NC(=O)C(F)(F)F)C(=O)OC. The molecular weight excluding hydrogens is 291 g/mol. The number of methoxy groups -OCH3 is 1. The largest absolute Gasteiger partial charge is 0.493 e. The smallest absolute Gasteiger partial charge is 0.471 e. The minimum atomic E-state index is -5.10. The van der Waals surface area contributed by atoms with Crippen LogP contribution in [0.1, 0.15) is 18.5 Å². The van der Waals surface area contributed by atoms with Gasteiger partial charge in [0.05, 0.1) is 13.7 Å². The average molecular weight is 305 g/mol. The Kier molecular flexibility index (Phi) is 5.57.